The molecule has 1 fully saturated rings. The fourth-order valence-corrected chi connectivity index (χ4v) is 3.54. The van der Waals surface area contributed by atoms with Gasteiger partial charge in [0.25, 0.3) is 0 Å². The first-order chi connectivity index (χ1) is 8.61. The molecule has 0 aromatic heterocycles. The second-order valence-corrected chi connectivity index (χ2v) is 5.95. The van der Waals surface area contributed by atoms with E-state index in [1.807, 2.05) is 6.07 Å². The summed E-state index contributed by atoms with van der Waals surface area (Å²) in [6.45, 7) is -0.120. The summed E-state index contributed by atoms with van der Waals surface area (Å²) >= 11 is 0. The van der Waals surface area contributed by atoms with Crippen LogP contribution in [0.5, 0.6) is 5.75 Å². The lowest BCUT2D eigenvalue weighted by atomic mass is 10.3. The molecule has 96 valence electrons. The maximum absolute atomic E-state index is 12.5. The summed E-state index contributed by atoms with van der Waals surface area (Å²) in [5, 5.41) is 8.76. The number of ether oxygens (including phenoxy) is 1. The van der Waals surface area contributed by atoms with Crippen molar-refractivity contribution in [2.45, 2.75) is 23.8 Å². The van der Waals surface area contributed by atoms with Crippen molar-refractivity contribution in [1.82, 2.24) is 4.31 Å². The second kappa shape index (κ2) is 4.96. The van der Waals surface area contributed by atoms with Crippen LogP contribution in [0.2, 0.25) is 0 Å². The number of nitriles is 1. The van der Waals surface area contributed by atoms with Crippen LogP contribution in [0.25, 0.3) is 0 Å². The molecule has 0 bridgehead atoms. The number of methoxy groups -OCH3 is 1. The van der Waals surface area contributed by atoms with Crippen LogP contribution < -0.4 is 4.74 Å². The van der Waals surface area contributed by atoms with Gasteiger partial charge in [-0.15, -0.1) is 0 Å². The van der Waals surface area contributed by atoms with E-state index in [1.54, 1.807) is 18.2 Å². The summed E-state index contributed by atoms with van der Waals surface area (Å²) in [7, 11) is -2.23. The minimum absolute atomic E-state index is 0.0421. The van der Waals surface area contributed by atoms with E-state index in [1.165, 1.54) is 17.5 Å². The lowest BCUT2D eigenvalue weighted by molar-refractivity contribution is 0.394. The highest BCUT2D eigenvalue weighted by molar-refractivity contribution is 7.89. The fraction of sp³-hybridized carbons (Fsp3) is 0.417. The Morgan fingerprint density at radius 2 is 2.11 bits per heavy atom. The molecule has 1 saturated carbocycles. The van der Waals surface area contributed by atoms with Gasteiger partial charge < -0.3 is 4.74 Å². The molecule has 0 aliphatic heterocycles. The Balaban J connectivity index is 2.43. The van der Waals surface area contributed by atoms with E-state index in [9.17, 15) is 8.42 Å². The summed E-state index contributed by atoms with van der Waals surface area (Å²) in [6.07, 6.45) is 1.63. The van der Waals surface area contributed by atoms with Crippen LogP contribution in [0.1, 0.15) is 12.8 Å². The molecule has 0 heterocycles. The van der Waals surface area contributed by atoms with Gasteiger partial charge >= 0.3 is 0 Å². The first kappa shape index (κ1) is 12.9. The van der Waals surface area contributed by atoms with Gasteiger partial charge in [-0.05, 0) is 25.0 Å². The van der Waals surface area contributed by atoms with Crippen molar-refractivity contribution >= 4 is 10.0 Å². The van der Waals surface area contributed by atoms with Crippen molar-refractivity contribution in [1.29, 1.82) is 5.26 Å². The summed E-state index contributed by atoms with van der Waals surface area (Å²) in [5.74, 6) is 0.307. The Kier molecular flexibility index (Phi) is 3.55. The van der Waals surface area contributed by atoms with Crippen LogP contribution in [0, 0.1) is 11.3 Å². The zero-order chi connectivity index (χ0) is 13.2. The molecule has 0 saturated heterocycles. The molecule has 0 unspecified atom stereocenters. The SMILES string of the molecule is COc1ccccc1S(=O)(=O)N(CC#N)C1CC1. The van der Waals surface area contributed by atoms with Crippen LogP contribution in [0.4, 0.5) is 0 Å². The minimum atomic E-state index is -3.66. The monoisotopic (exact) mass is 266 g/mol. The van der Waals surface area contributed by atoms with Gasteiger partial charge in [-0.2, -0.15) is 9.57 Å². The summed E-state index contributed by atoms with van der Waals surface area (Å²) in [5.41, 5.74) is 0. The van der Waals surface area contributed by atoms with Gasteiger partial charge in [-0.25, -0.2) is 8.42 Å². The number of hydrogen-bond donors (Lipinski definition) is 0. The Bertz CT molecular complexity index is 573. The maximum Gasteiger partial charge on any atom is 0.247 e. The number of nitrogens with zero attached hydrogens (tertiary/aromatic N) is 2. The van der Waals surface area contributed by atoms with Gasteiger partial charge in [0.1, 0.15) is 17.2 Å². The van der Waals surface area contributed by atoms with Crippen LogP contribution in [0.3, 0.4) is 0 Å². The van der Waals surface area contributed by atoms with E-state index >= 15 is 0 Å². The number of hydrogen-bond acceptors (Lipinski definition) is 4. The molecule has 18 heavy (non-hydrogen) atoms. The third-order valence-electron chi connectivity index (χ3n) is 2.84. The van der Waals surface area contributed by atoms with Crippen LogP contribution in [-0.4, -0.2) is 32.4 Å². The first-order valence-corrected chi connectivity index (χ1v) is 7.07. The Morgan fingerprint density at radius 3 is 2.67 bits per heavy atom. The molecular weight excluding hydrogens is 252 g/mol. The predicted molar refractivity (Wildman–Crippen MR) is 65.5 cm³/mol. The highest BCUT2D eigenvalue weighted by atomic mass is 32.2. The zero-order valence-electron chi connectivity index (χ0n) is 10.0. The van der Waals surface area contributed by atoms with E-state index in [0.717, 1.165) is 12.8 Å². The molecule has 1 aromatic rings. The molecule has 0 spiro atoms. The van der Waals surface area contributed by atoms with Crippen LogP contribution in [-0.2, 0) is 10.0 Å². The summed E-state index contributed by atoms with van der Waals surface area (Å²) < 4.78 is 31.3. The maximum atomic E-state index is 12.5. The topological polar surface area (TPSA) is 70.4 Å². The van der Waals surface area contributed by atoms with E-state index in [-0.39, 0.29) is 17.5 Å². The van der Waals surface area contributed by atoms with E-state index < -0.39 is 10.0 Å². The Labute approximate surface area is 107 Å². The highest BCUT2D eigenvalue weighted by Crippen LogP contribution is 2.34. The van der Waals surface area contributed by atoms with Gasteiger partial charge in [0.2, 0.25) is 10.0 Å². The van der Waals surface area contributed by atoms with Crippen molar-refractivity contribution in [3.8, 4) is 11.8 Å². The van der Waals surface area contributed by atoms with E-state index in [2.05, 4.69) is 0 Å². The van der Waals surface area contributed by atoms with Crippen molar-refractivity contribution in [2.75, 3.05) is 13.7 Å². The van der Waals surface area contributed by atoms with Crippen molar-refractivity contribution in [3.05, 3.63) is 24.3 Å². The summed E-state index contributed by atoms with van der Waals surface area (Å²) in [4.78, 5) is 0.120. The van der Waals surface area contributed by atoms with Crippen LogP contribution in [0.15, 0.2) is 29.2 Å². The van der Waals surface area contributed by atoms with Gasteiger partial charge in [0, 0.05) is 6.04 Å². The molecule has 0 radical (unpaired) electrons. The van der Waals surface area contributed by atoms with Crippen molar-refractivity contribution in [3.63, 3.8) is 0 Å². The molecular formula is C12H14N2O3S. The molecule has 0 amide bonds. The average Bonchev–Trinajstić information content (AvgIpc) is 3.19. The normalized spacial score (nSPS) is 15.4. The highest BCUT2D eigenvalue weighted by Gasteiger charge is 2.39. The zero-order valence-corrected chi connectivity index (χ0v) is 10.9. The second-order valence-electron chi connectivity index (χ2n) is 4.09. The summed E-state index contributed by atoms with van der Waals surface area (Å²) in [6, 6.07) is 8.33. The van der Waals surface area contributed by atoms with E-state index in [0.29, 0.717) is 5.75 Å². The number of rotatable bonds is 5. The van der Waals surface area contributed by atoms with Crippen molar-refractivity contribution < 1.29 is 13.2 Å². The quantitative estimate of drug-likeness (QED) is 0.755. The molecule has 1 aromatic carbocycles. The van der Waals surface area contributed by atoms with Gasteiger partial charge in [0.15, 0.2) is 0 Å². The lowest BCUT2D eigenvalue weighted by Crippen LogP contribution is -2.33. The largest absolute Gasteiger partial charge is 0.495 e. The molecule has 0 atom stereocenters. The number of benzene rings is 1. The molecule has 6 heteroatoms. The molecule has 1 aliphatic carbocycles. The minimum Gasteiger partial charge on any atom is -0.495 e. The molecule has 1 aliphatic rings. The fourth-order valence-electron chi connectivity index (χ4n) is 1.80. The average molecular weight is 266 g/mol. The smallest absolute Gasteiger partial charge is 0.247 e. The first-order valence-electron chi connectivity index (χ1n) is 5.63. The molecule has 5 nitrogen and oxygen atoms in total. The lowest BCUT2D eigenvalue weighted by Gasteiger charge is -2.19. The van der Waals surface area contributed by atoms with Gasteiger partial charge in [-0.3, -0.25) is 0 Å². The van der Waals surface area contributed by atoms with E-state index in [4.69, 9.17) is 10.00 Å². The number of para-hydroxylation sites is 1. The van der Waals surface area contributed by atoms with Gasteiger partial charge in [0.05, 0.1) is 13.2 Å². The standard InChI is InChI=1S/C12H14N2O3S/c1-17-11-4-2-3-5-12(11)18(15,16)14(9-8-13)10-6-7-10/h2-5,10H,6-7,9H2,1H3. The third kappa shape index (κ3) is 2.33. The number of sulfonamides is 1. The molecule has 2 rings (SSSR count). The van der Waals surface area contributed by atoms with Crippen molar-refractivity contribution in [2.24, 2.45) is 0 Å². The third-order valence-corrected chi connectivity index (χ3v) is 4.77. The Morgan fingerprint density at radius 1 is 1.44 bits per heavy atom. The predicted octanol–water partition coefficient (Wildman–Crippen LogP) is 1.37. The van der Waals surface area contributed by atoms with Gasteiger partial charge in [-0.1, -0.05) is 12.1 Å². The van der Waals surface area contributed by atoms with Crippen LogP contribution >= 0.6 is 0 Å². The Hall–Kier alpha value is -1.58. The molecule has 0 N–H and O–H groups in total.